The topological polar surface area (TPSA) is 64.8 Å². The highest BCUT2D eigenvalue weighted by Crippen LogP contribution is 2.11. The summed E-state index contributed by atoms with van der Waals surface area (Å²) in [5.41, 5.74) is 6.72. The molecule has 110 valence electrons. The van der Waals surface area contributed by atoms with Gasteiger partial charge < -0.3 is 15.2 Å². The zero-order chi connectivity index (χ0) is 14.5. The van der Waals surface area contributed by atoms with E-state index >= 15 is 0 Å². The molecular formula is C15H22N2O3. The molecule has 5 nitrogen and oxygen atoms in total. The van der Waals surface area contributed by atoms with Crippen LogP contribution in [0.3, 0.4) is 0 Å². The average molecular weight is 278 g/mol. The third kappa shape index (κ3) is 3.95. The third-order valence-electron chi connectivity index (χ3n) is 3.45. The molecule has 0 spiro atoms. The lowest BCUT2D eigenvalue weighted by Gasteiger charge is -2.35. The minimum absolute atomic E-state index is 0.0520. The van der Waals surface area contributed by atoms with Gasteiger partial charge in [0, 0.05) is 24.8 Å². The molecule has 0 bridgehead atoms. The smallest absolute Gasteiger partial charge is 0.338 e. The van der Waals surface area contributed by atoms with Gasteiger partial charge in [0.1, 0.15) is 12.7 Å². The van der Waals surface area contributed by atoms with E-state index in [9.17, 15) is 4.79 Å². The Balaban J connectivity index is 1.82. The average Bonchev–Trinajstić information content (AvgIpc) is 2.46. The van der Waals surface area contributed by atoms with E-state index < -0.39 is 0 Å². The van der Waals surface area contributed by atoms with Crippen LogP contribution < -0.4 is 5.73 Å². The highest BCUT2D eigenvalue weighted by molar-refractivity contribution is 5.89. The molecule has 1 heterocycles. The van der Waals surface area contributed by atoms with E-state index in [0.717, 1.165) is 13.1 Å². The number of morpholine rings is 1. The van der Waals surface area contributed by atoms with Crippen LogP contribution in [-0.2, 0) is 9.47 Å². The SMILES string of the molecule is CC(C)N1CCOC(COC(=O)c2ccc(N)cc2)C1. The molecule has 0 amide bonds. The lowest BCUT2D eigenvalue weighted by molar-refractivity contribution is -0.0662. The monoisotopic (exact) mass is 278 g/mol. The van der Waals surface area contributed by atoms with E-state index in [2.05, 4.69) is 18.7 Å². The van der Waals surface area contributed by atoms with Crippen LogP contribution in [0.15, 0.2) is 24.3 Å². The van der Waals surface area contributed by atoms with E-state index in [4.69, 9.17) is 15.2 Å². The van der Waals surface area contributed by atoms with Crippen LogP contribution in [0.1, 0.15) is 24.2 Å². The zero-order valence-corrected chi connectivity index (χ0v) is 12.0. The van der Waals surface area contributed by atoms with Crippen LogP contribution in [0.4, 0.5) is 5.69 Å². The summed E-state index contributed by atoms with van der Waals surface area (Å²) in [5.74, 6) is -0.338. The van der Waals surface area contributed by atoms with Crippen LogP contribution in [0.25, 0.3) is 0 Å². The van der Waals surface area contributed by atoms with Gasteiger partial charge in [-0.15, -0.1) is 0 Å². The highest BCUT2D eigenvalue weighted by Gasteiger charge is 2.23. The molecule has 0 aromatic heterocycles. The van der Waals surface area contributed by atoms with E-state index in [-0.39, 0.29) is 18.7 Å². The Morgan fingerprint density at radius 3 is 2.80 bits per heavy atom. The molecule has 0 aliphatic carbocycles. The maximum absolute atomic E-state index is 11.9. The molecule has 2 N–H and O–H groups in total. The predicted octanol–water partition coefficient (Wildman–Crippen LogP) is 1.53. The van der Waals surface area contributed by atoms with Gasteiger partial charge in [-0.2, -0.15) is 0 Å². The van der Waals surface area contributed by atoms with Gasteiger partial charge in [0.15, 0.2) is 0 Å². The molecular weight excluding hydrogens is 256 g/mol. The van der Waals surface area contributed by atoms with Crippen molar-refractivity contribution in [3.05, 3.63) is 29.8 Å². The number of rotatable bonds is 4. The van der Waals surface area contributed by atoms with Crippen LogP contribution in [0.2, 0.25) is 0 Å². The number of nitrogen functional groups attached to an aromatic ring is 1. The van der Waals surface area contributed by atoms with Gasteiger partial charge in [-0.3, -0.25) is 4.90 Å². The molecule has 1 saturated heterocycles. The summed E-state index contributed by atoms with van der Waals surface area (Å²) < 4.78 is 10.9. The van der Waals surface area contributed by atoms with Gasteiger partial charge in [-0.05, 0) is 38.1 Å². The lowest BCUT2D eigenvalue weighted by Crippen LogP contribution is -2.47. The van der Waals surface area contributed by atoms with Crippen molar-refractivity contribution < 1.29 is 14.3 Å². The van der Waals surface area contributed by atoms with Crippen LogP contribution in [0, 0.1) is 0 Å². The molecule has 2 rings (SSSR count). The Labute approximate surface area is 119 Å². The molecule has 1 unspecified atom stereocenters. The van der Waals surface area contributed by atoms with Gasteiger partial charge in [-0.1, -0.05) is 0 Å². The summed E-state index contributed by atoms with van der Waals surface area (Å²) in [7, 11) is 0. The van der Waals surface area contributed by atoms with Crippen molar-refractivity contribution >= 4 is 11.7 Å². The van der Waals surface area contributed by atoms with Crippen LogP contribution >= 0.6 is 0 Å². The minimum Gasteiger partial charge on any atom is -0.459 e. The number of carbonyl (C=O) groups excluding carboxylic acids is 1. The van der Waals surface area contributed by atoms with Crippen LogP contribution in [0.5, 0.6) is 0 Å². The Kier molecular flexibility index (Phi) is 4.98. The quantitative estimate of drug-likeness (QED) is 0.668. The predicted molar refractivity (Wildman–Crippen MR) is 77.6 cm³/mol. The molecule has 1 fully saturated rings. The number of nitrogens with two attached hydrogens (primary N) is 1. The number of esters is 1. The number of nitrogens with zero attached hydrogens (tertiary/aromatic N) is 1. The van der Waals surface area contributed by atoms with Crippen molar-refractivity contribution in [1.29, 1.82) is 0 Å². The minimum atomic E-state index is -0.338. The zero-order valence-electron chi connectivity index (χ0n) is 12.0. The van der Waals surface area contributed by atoms with Gasteiger partial charge in [0.25, 0.3) is 0 Å². The fraction of sp³-hybridized carbons (Fsp3) is 0.533. The molecule has 1 aliphatic rings. The molecule has 0 radical (unpaired) electrons. The standard InChI is InChI=1S/C15H22N2O3/c1-11(2)17-7-8-19-14(9-17)10-20-15(18)12-3-5-13(16)6-4-12/h3-6,11,14H,7-10,16H2,1-2H3. The van der Waals surface area contributed by atoms with E-state index in [1.807, 2.05) is 0 Å². The van der Waals surface area contributed by atoms with E-state index in [0.29, 0.717) is 23.9 Å². The van der Waals surface area contributed by atoms with Gasteiger partial charge >= 0.3 is 5.97 Å². The highest BCUT2D eigenvalue weighted by atomic mass is 16.6. The number of benzene rings is 1. The van der Waals surface area contributed by atoms with E-state index in [1.165, 1.54) is 0 Å². The van der Waals surface area contributed by atoms with Crippen molar-refractivity contribution in [2.75, 3.05) is 32.0 Å². The van der Waals surface area contributed by atoms with Crippen molar-refractivity contribution in [2.45, 2.75) is 26.0 Å². The second kappa shape index (κ2) is 6.72. The summed E-state index contributed by atoms with van der Waals surface area (Å²) >= 11 is 0. The van der Waals surface area contributed by atoms with Gasteiger partial charge in [0.05, 0.1) is 12.2 Å². The Morgan fingerprint density at radius 2 is 2.15 bits per heavy atom. The summed E-state index contributed by atoms with van der Waals surface area (Å²) in [4.78, 5) is 14.2. The summed E-state index contributed by atoms with van der Waals surface area (Å²) in [6, 6.07) is 7.19. The molecule has 1 aromatic rings. The molecule has 0 saturated carbocycles. The number of carbonyl (C=O) groups is 1. The molecule has 1 aliphatic heterocycles. The first-order chi connectivity index (χ1) is 9.56. The lowest BCUT2D eigenvalue weighted by atomic mass is 10.2. The number of anilines is 1. The number of hydrogen-bond donors (Lipinski definition) is 1. The Hall–Kier alpha value is -1.59. The fourth-order valence-corrected chi connectivity index (χ4v) is 2.18. The molecule has 1 atom stereocenters. The molecule has 5 heteroatoms. The number of ether oxygens (including phenoxy) is 2. The normalized spacial score (nSPS) is 20.1. The summed E-state index contributed by atoms with van der Waals surface area (Å²) in [6.45, 7) is 7.01. The number of hydrogen-bond acceptors (Lipinski definition) is 5. The first-order valence-electron chi connectivity index (χ1n) is 6.94. The molecule has 20 heavy (non-hydrogen) atoms. The third-order valence-corrected chi connectivity index (χ3v) is 3.45. The van der Waals surface area contributed by atoms with Gasteiger partial charge in [-0.25, -0.2) is 4.79 Å². The van der Waals surface area contributed by atoms with Crippen molar-refractivity contribution in [3.8, 4) is 0 Å². The maximum Gasteiger partial charge on any atom is 0.338 e. The largest absolute Gasteiger partial charge is 0.459 e. The second-order valence-corrected chi connectivity index (χ2v) is 5.30. The van der Waals surface area contributed by atoms with Crippen molar-refractivity contribution in [3.63, 3.8) is 0 Å². The first-order valence-corrected chi connectivity index (χ1v) is 6.94. The summed E-state index contributed by atoms with van der Waals surface area (Å²) in [5, 5.41) is 0. The van der Waals surface area contributed by atoms with Crippen LogP contribution in [-0.4, -0.2) is 49.3 Å². The summed E-state index contributed by atoms with van der Waals surface area (Å²) in [6.07, 6.45) is -0.0520. The Bertz CT molecular complexity index is 445. The van der Waals surface area contributed by atoms with E-state index in [1.54, 1.807) is 24.3 Å². The maximum atomic E-state index is 11.9. The van der Waals surface area contributed by atoms with Crippen molar-refractivity contribution in [2.24, 2.45) is 0 Å². The Morgan fingerprint density at radius 1 is 1.45 bits per heavy atom. The van der Waals surface area contributed by atoms with Gasteiger partial charge in [0.2, 0.25) is 0 Å². The first kappa shape index (κ1) is 14.8. The van der Waals surface area contributed by atoms with Crippen molar-refractivity contribution in [1.82, 2.24) is 4.90 Å². The second-order valence-electron chi connectivity index (χ2n) is 5.30. The molecule has 1 aromatic carbocycles. The fourth-order valence-electron chi connectivity index (χ4n) is 2.18.